The molecular formula is C8H5NO2S2. The van der Waals surface area contributed by atoms with Crippen LogP contribution in [0.2, 0.25) is 0 Å². The number of nitrogens with zero attached hydrogens (tertiary/aromatic N) is 1. The van der Waals surface area contributed by atoms with Crippen LogP contribution >= 0.6 is 23.5 Å². The number of rotatable bonds is 1. The van der Waals surface area contributed by atoms with Crippen LogP contribution in [0.5, 0.6) is 0 Å². The second kappa shape index (κ2) is 3.13. The van der Waals surface area contributed by atoms with Gasteiger partial charge in [0.1, 0.15) is 0 Å². The minimum Gasteiger partial charge on any atom is -0.268 e. The third-order valence-electron chi connectivity index (χ3n) is 1.74. The molecule has 2 amide bonds. The second-order valence-electron chi connectivity index (χ2n) is 2.47. The molecule has 0 radical (unpaired) electrons. The highest BCUT2D eigenvalue weighted by molar-refractivity contribution is 8.23. The Morgan fingerprint density at radius 1 is 1.31 bits per heavy atom. The Labute approximate surface area is 83.9 Å². The SMILES string of the molecule is C#CCN1C(=O)C2=C(SCS2)C1=O. The maximum Gasteiger partial charge on any atom is 0.269 e. The van der Waals surface area contributed by atoms with Gasteiger partial charge in [0.05, 0.1) is 16.4 Å². The van der Waals surface area contributed by atoms with E-state index in [0.717, 1.165) is 9.98 Å². The van der Waals surface area contributed by atoms with E-state index in [2.05, 4.69) is 5.92 Å². The van der Waals surface area contributed by atoms with Crippen molar-refractivity contribution in [3.05, 3.63) is 9.81 Å². The van der Waals surface area contributed by atoms with Gasteiger partial charge in [-0.25, -0.2) is 0 Å². The van der Waals surface area contributed by atoms with Gasteiger partial charge >= 0.3 is 0 Å². The fourth-order valence-electron chi connectivity index (χ4n) is 1.17. The van der Waals surface area contributed by atoms with Crippen molar-refractivity contribution in [1.29, 1.82) is 0 Å². The van der Waals surface area contributed by atoms with Crippen LogP contribution in [0.4, 0.5) is 0 Å². The van der Waals surface area contributed by atoms with Gasteiger partial charge in [-0.1, -0.05) is 5.92 Å². The third kappa shape index (κ3) is 1.18. The lowest BCUT2D eigenvalue weighted by molar-refractivity contribution is -0.136. The molecular weight excluding hydrogens is 206 g/mol. The summed E-state index contributed by atoms with van der Waals surface area (Å²) in [6.45, 7) is 0.0752. The monoisotopic (exact) mass is 211 g/mol. The summed E-state index contributed by atoms with van der Waals surface area (Å²) >= 11 is 2.83. The van der Waals surface area contributed by atoms with Crippen LogP contribution in [-0.4, -0.2) is 28.3 Å². The standard InChI is InChI=1S/C8H5NO2S2/c1-2-3-9-7(10)5-6(8(9)11)13-4-12-5/h1H,3-4H2. The van der Waals surface area contributed by atoms with Gasteiger partial charge in [0.15, 0.2) is 0 Å². The molecule has 0 saturated carbocycles. The number of terminal acetylenes is 1. The van der Waals surface area contributed by atoms with E-state index in [-0.39, 0.29) is 18.4 Å². The molecule has 0 spiro atoms. The summed E-state index contributed by atoms with van der Waals surface area (Å²) in [7, 11) is 0. The third-order valence-corrected chi connectivity index (χ3v) is 4.15. The van der Waals surface area contributed by atoms with E-state index in [1.807, 2.05) is 0 Å². The minimum absolute atomic E-state index is 0.0752. The van der Waals surface area contributed by atoms with Gasteiger partial charge in [-0.2, -0.15) is 0 Å². The van der Waals surface area contributed by atoms with E-state index in [4.69, 9.17) is 6.42 Å². The zero-order chi connectivity index (χ0) is 9.42. The maximum absolute atomic E-state index is 11.5. The lowest BCUT2D eigenvalue weighted by atomic mass is 10.5. The van der Waals surface area contributed by atoms with Gasteiger partial charge in [-0.15, -0.1) is 29.9 Å². The largest absolute Gasteiger partial charge is 0.269 e. The molecule has 0 aliphatic carbocycles. The van der Waals surface area contributed by atoms with Crippen LogP contribution < -0.4 is 0 Å². The van der Waals surface area contributed by atoms with Gasteiger partial charge < -0.3 is 0 Å². The van der Waals surface area contributed by atoms with Crippen molar-refractivity contribution in [2.75, 3.05) is 11.6 Å². The summed E-state index contributed by atoms with van der Waals surface area (Å²) in [5.41, 5.74) is 0. The van der Waals surface area contributed by atoms with E-state index in [0.29, 0.717) is 9.81 Å². The van der Waals surface area contributed by atoms with Gasteiger partial charge in [-0.3, -0.25) is 14.5 Å². The van der Waals surface area contributed by atoms with Crippen molar-refractivity contribution >= 4 is 35.3 Å². The summed E-state index contributed by atoms with van der Waals surface area (Å²) in [5.74, 6) is 1.84. The highest BCUT2D eigenvalue weighted by atomic mass is 32.2. The number of carbonyl (C=O) groups is 2. The Kier molecular flexibility index (Phi) is 2.10. The van der Waals surface area contributed by atoms with Crippen LogP contribution in [0.25, 0.3) is 0 Å². The van der Waals surface area contributed by atoms with Gasteiger partial charge in [0.2, 0.25) is 0 Å². The smallest absolute Gasteiger partial charge is 0.268 e. The Hall–Kier alpha value is -0.860. The molecule has 2 rings (SSSR count). The quantitative estimate of drug-likeness (QED) is 0.471. The Bertz CT molecular complexity index is 341. The molecule has 0 unspecified atom stereocenters. The van der Waals surface area contributed by atoms with E-state index in [9.17, 15) is 9.59 Å². The molecule has 3 nitrogen and oxygen atoms in total. The average Bonchev–Trinajstić information content (AvgIpc) is 2.66. The molecule has 0 saturated heterocycles. The van der Waals surface area contributed by atoms with Crippen molar-refractivity contribution in [2.45, 2.75) is 0 Å². The molecule has 5 heteroatoms. The predicted octanol–water partition coefficient (Wildman–Crippen LogP) is 0.637. The molecule has 0 bridgehead atoms. The van der Waals surface area contributed by atoms with Gasteiger partial charge in [0, 0.05) is 5.08 Å². The molecule has 2 aliphatic rings. The van der Waals surface area contributed by atoms with Crippen molar-refractivity contribution in [2.24, 2.45) is 0 Å². The molecule has 2 heterocycles. The molecule has 0 aromatic heterocycles. The molecule has 0 fully saturated rings. The number of hydrogen-bond donors (Lipinski definition) is 0. The van der Waals surface area contributed by atoms with E-state index < -0.39 is 0 Å². The van der Waals surface area contributed by atoms with Crippen molar-refractivity contribution in [3.63, 3.8) is 0 Å². The predicted molar refractivity (Wildman–Crippen MR) is 52.6 cm³/mol. The summed E-state index contributed by atoms with van der Waals surface area (Å²) in [4.78, 5) is 25.3. The fraction of sp³-hybridized carbons (Fsp3) is 0.250. The van der Waals surface area contributed by atoms with E-state index >= 15 is 0 Å². The van der Waals surface area contributed by atoms with E-state index in [1.54, 1.807) is 0 Å². The molecule has 0 aromatic rings. The highest BCUT2D eigenvalue weighted by Gasteiger charge is 2.41. The Balaban J connectivity index is 2.30. The maximum atomic E-state index is 11.5. The minimum atomic E-state index is -0.229. The summed E-state index contributed by atoms with van der Waals surface area (Å²) < 4.78 is 0. The Morgan fingerprint density at radius 2 is 1.85 bits per heavy atom. The number of thioether (sulfide) groups is 2. The first-order valence-corrected chi connectivity index (χ1v) is 5.52. The molecule has 0 aromatic carbocycles. The van der Waals surface area contributed by atoms with Crippen LogP contribution in [0.1, 0.15) is 0 Å². The average molecular weight is 211 g/mol. The summed E-state index contributed by atoms with van der Waals surface area (Å²) in [6, 6.07) is 0. The van der Waals surface area contributed by atoms with Crippen LogP contribution in [0.3, 0.4) is 0 Å². The lowest BCUT2D eigenvalue weighted by Crippen LogP contribution is -2.32. The molecule has 2 aliphatic heterocycles. The molecule has 13 heavy (non-hydrogen) atoms. The normalized spacial score (nSPS) is 21.0. The number of carbonyl (C=O) groups excluding carboxylic acids is 2. The van der Waals surface area contributed by atoms with Crippen LogP contribution in [-0.2, 0) is 9.59 Å². The topological polar surface area (TPSA) is 37.4 Å². The molecule has 0 atom stereocenters. The molecule has 66 valence electrons. The fourth-order valence-corrected chi connectivity index (χ4v) is 3.60. The summed E-state index contributed by atoms with van der Waals surface area (Å²) in [6.07, 6.45) is 5.05. The van der Waals surface area contributed by atoms with Crippen LogP contribution in [0, 0.1) is 12.3 Å². The zero-order valence-electron chi connectivity index (χ0n) is 6.57. The number of hydrogen-bond acceptors (Lipinski definition) is 4. The van der Waals surface area contributed by atoms with Gasteiger partial charge in [-0.05, 0) is 0 Å². The second-order valence-corrected chi connectivity index (χ2v) is 4.80. The van der Waals surface area contributed by atoms with Crippen molar-refractivity contribution < 1.29 is 9.59 Å². The van der Waals surface area contributed by atoms with E-state index in [1.165, 1.54) is 23.5 Å². The zero-order valence-corrected chi connectivity index (χ0v) is 8.20. The highest BCUT2D eigenvalue weighted by Crippen LogP contribution is 2.44. The first kappa shape index (κ1) is 8.73. The first-order chi connectivity index (χ1) is 6.25. The lowest BCUT2D eigenvalue weighted by Gasteiger charge is -2.11. The number of imide groups is 1. The first-order valence-electron chi connectivity index (χ1n) is 3.55. The summed E-state index contributed by atoms with van der Waals surface area (Å²) in [5, 5.41) is 0.756. The van der Waals surface area contributed by atoms with Gasteiger partial charge in [0.25, 0.3) is 11.8 Å². The molecule has 0 N–H and O–H groups in total. The van der Waals surface area contributed by atoms with Crippen molar-refractivity contribution in [1.82, 2.24) is 4.90 Å². The van der Waals surface area contributed by atoms with Crippen LogP contribution in [0.15, 0.2) is 9.81 Å². The van der Waals surface area contributed by atoms with Crippen molar-refractivity contribution in [3.8, 4) is 12.3 Å². The number of amides is 2. The Morgan fingerprint density at radius 3 is 2.31 bits per heavy atom.